The number of carbonyl (C=O) groups excluding carboxylic acids is 1. The summed E-state index contributed by atoms with van der Waals surface area (Å²) in [7, 11) is 0. The fourth-order valence-corrected chi connectivity index (χ4v) is 3.78. The number of rotatable bonds is 5. The molecule has 4 nitrogen and oxygen atoms in total. The second-order valence-electron chi connectivity index (χ2n) is 6.74. The van der Waals surface area contributed by atoms with Crippen LogP contribution in [0.4, 0.5) is 4.39 Å². The molecule has 2 heterocycles. The quantitative estimate of drug-likeness (QED) is 0.900. The lowest BCUT2D eigenvalue weighted by molar-refractivity contribution is -0.123. The maximum atomic E-state index is 13.6. The Labute approximate surface area is 142 Å². The van der Waals surface area contributed by atoms with Crippen molar-refractivity contribution in [3.63, 3.8) is 0 Å². The van der Waals surface area contributed by atoms with Gasteiger partial charge < -0.3 is 14.8 Å². The van der Waals surface area contributed by atoms with E-state index in [-0.39, 0.29) is 17.8 Å². The van der Waals surface area contributed by atoms with E-state index in [1.165, 1.54) is 6.07 Å². The standard InChI is InChI=1S/C19H26FNO3/c20-17-4-2-1-3-15(17)5-6-19(22)21-18-9-12-24-13-16(18)14-7-10-23-11-8-14/h1-4,14,16,18H,5-13H2,(H,21,22)/t16-,18-/m0/s1. The predicted molar refractivity (Wildman–Crippen MR) is 89.1 cm³/mol. The van der Waals surface area contributed by atoms with Gasteiger partial charge in [0, 0.05) is 38.2 Å². The van der Waals surface area contributed by atoms with Gasteiger partial charge in [-0.1, -0.05) is 18.2 Å². The molecule has 0 unspecified atom stereocenters. The van der Waals surface area contributed by atoms with Gasteiger partial charge >= 0.3 is 0 Å². The molecule has 1 aromatic carbocycles. The number of hydrogen-bond donors (Lipinski definition) is 1. The molecular formula is C19H26FNO3. The fraction of sp³-hybridized carbons (Fsp3) is 0.632. The molecular weight excluding hydrogens is 309 g/mol. The third kappa shape index (κ3) is 4.54. The average Bonchev–Trinajstić information content (AvgIpc) is 2.62. The largest absolute Gasteiger partial charge is 0.381 e. The van der Waals surface area contributed by atoms with Gasteiger partial charge in [-0.2, -0.15) is 0 Å². The molecule has 24 heavy (non-hydrogen) atoms. The number of ether oxygens (including phenoxy) is 2. The third-order valence-electron chi connectivity index (χ3n) is 5.20. The topological polar surface area (TPSA) is 47.6 Å². The molecule has 2 fully saturated rings. The number of hydrogen-bond acceptors (Lipinski definition) is 3. The molecule has 0 aliphatic carbocycles. The zero-order valence-electron chi connectivity index (χ0n) is 14.0. The van der Waals surface area contributed by atoms with Crippen molar-refractivity contribution >= 4 is 5.91 Å². The monoisotopic (exact) mass is 335 g/mol. The molecule has 2 aliphatic heterocycles. The van der Waals surface area contributed by atoms with Crippen LogP contribution in [0.25, 0.3) is 0 Å². The number of nitrogens with one attached hydrogen (secondary N) is 1. The van der Waals surface area contributed by atoms with Gasteiger partial charge in [0.1, 0.15) is 5.82 Å². The molecule has 5 heteroatoms. The van der Waals surface area contributed by atoms with Crippen molar-refractivity contribution in [3.8, 4) is 0 Å². The zero-order chi connectivity index (χ0) is 16.8. The zero-order valence-corrected chi connectivity index (χ0v) is 14.0. The minimum Gasteiger partial charge on any atom is -0.381 e. The molecule has 2 saturated heterocycles. The van der Waals surface area contributed by atoms with Crippen LogP contribution in [0.2, 0.25) is 0 Å². The highest BCUT2D eigenvalue weighted by Gasteiger charge is 2.34. The highest BCUT2D eigenvalue weighted by molar-refractivity contribution is 5.76. The Morgan fingerprint density at radius 1 is 1.12 bits per heavy atom. The van der Waals surface area contributed by atoms with Gasteiger partial charge in [-0.15, -0.1) is 0 Å². The Balaban J connectivity index is 1.52. The molecule has 0 saturated carbocycles. The minimum absolute atomic E-state index is 0.00205. The number of benzene rings is 1. The molecule has 1 N–H and O–H groups in total. The lowest BCUT2D eigenvalue weighted by Gasteiger charge is -2.39. The first-order chi connectivity index (χ1) is 11.7. The van der Waals surface area contributed by atoms with Crippen molar-refractivity contribution in [1.82, 2.24) is 5.32 Å². The maximum absolute atomic E-state index is 13.6. The summed E-state index contributed by atoms with van der Waals surface area (Å²) < 4.78 is 24.7. The summed E-state index contributed by atoms with van der Waals surface area (Å²) in [6.45, 7) is 3.01. The van der Waals surface area contributed by atoms with Gasteiger partial charge in [-0.25, -0.2) is 4.39 Å². The fourth-order valence-electron chi connectivity index (χ4n) is 3.78. The smallest absolute Gasteiger partial charge is 0.220 e. The molecule has 2 atom stereocenters. The van der Waals surface area contributed by atoms with Crippen LogP contribution in [0, 0.1) is 17.7 Å². The normalized spacial score (nSPS) is 25.4. The van der Waals surface area contributed by atoms with Gasteiger partial charge in [0.05, 0.1) is 6.61 Å². The van der Waals surface area contributed by atoms with Crippen LogP contribution in [-0.4, -0.2) is 38.4 Å². The van der Waals surface area contributed by atoms with E-state index >= 15 is 0 Å². The molecule has 132 valence electrons. The van der Waals surface area contributed by atoms with E-state index in [0.29, 0.717) is 43.5 Å². The lowest BCUT2D eigenvalue weighted by atomic mass is 9.79. The number of halogens is 1. The highest BCUT2D eigenvalue weighted by Crippen LogP contribution is 2.30. The van der Waals surface area contributed by atoms with Crippen LogP contribution >= 0.6 is 0 Å². The Kier molecular flexibility index (Phi) is 6.21. The molecule has 0 bridgehead atoms. The van der Waals surface area contributed by atoms with Crippen LogP contribution < -0.4 is 5.32 Å². The van der Waals surface area contributed by atoms with Gasteiger partial charge in [-0.3, -0.25) is 4.79 Å². The van der Waals surface area contributed by atoms with Crippen LogP contribution in [0.1, 0.15) is 31.2 Å². The summed E-state index contributed by atoms with van der Waals surface area (Å²) in [6.07, 6.45) is 3.68. The Morgan fingerprint density at radius 2 is 1.88 bits per heavy atom. The molecule has 2 aliphatic rings. The second-order valence-corrected chi connectivity index (χ2v) is 6.74. The second kappa shape index (κ2) is 8.58. The SMILES string of the molecule is O=C(CCc1ccccc1F)N[C@H]1CCOC[C@H]1C1CCOCC1. The van der Waals surface area contributed by atoms with Crippen LogP contribution in [-0.2, 0) is 20.7 Å². The van der Waals surface area contributed by atoms with Crippen molar-refractivity contribution in [2.45, 2.75) is 38.1 Å². The van der Waals surface area contributed by atoms with E-state index in [4.69, 9.17) is 9.47 Å². The molecule has 0 aromatic heterocycles. The first-order valence-corrected chi connectivity index (χ1v) is 8.92. The van der Waals surface area contributed by atoms with Gasteiger partial charge in [0.2, 0.25) is 5.91 Å². The summed E-state index contributed by atoms with van der Waals surface area (Å²) in [5, 5.41) is 3.17. The first-order valence-electron chi connectivity index (χ1n) is 8.92. The first kappa shape index (κ1) is 17.4. The van der Waals surface area contributed by atoms with Crippen molar-refractivity contribution in [3.05, 3.63) is 35.6 Å². The summed E-state index contributed by atoms with van der Waals surface area (Å²) >= 11 is 0. The minimum atomic E-state index is -0.239. The third-order valence-corrected chi connectivity index (χ3v) is 5.20. The molecule has 0 radical (unpaired) electrons. The van der Waals surface area contributed by atoms with E-state index in [1.807, 2.05) is 0 Å². The van der Waals surface area contributed by atoms with Crippen molar-refractivity contribution < 1.29 is 18.7 Å². The van der Waals surface area contributed by atoms with E-state index < -0.39 is 0 Å². The summed E-state index contributed by atoms with van der Waals surface area (Å²) in [5.41, 5.74) is 0.598. The van der Waals surface area contributed by atoms with Crippen molar-refractivity contribution in [1.29, 1.82) is 0 Å². The summed E-state index contributed by atoms with van der Waals surface area (Å²) in [5.74, 6) is 0.676. The average molecular weight is 335 g/mol. The van der Waals surface area contributed by atoms with Gasteiger partial charge in [0.15, 0.2) is 0 Å². The van der Waals surface area contributed by atoms with Crippen molar-refractivity contribution in [2.75, 3.05) is 26.4 Å². The van der Waals surface area contributed by atoms with E-state index in [9.17, 15) is 9.18 Å². The van der Waals surface area contributed by atoms with E-state index in [2.05, 4.69) is 5.32 Å². The lowest BCUT2D eigenvalue weighted by Crippen LogP contribution is -2.49. The summed E-state index contributed by atoms with van der Waals surface area (Å²) in [4.78, 5) is 12.3. The number of carbonyl (C=O) groups is 1. The summed E-state index contributed by atoms with van der Waals surface area (Å²) in [6, 6.07) is 6.81. The molecule has 3 rings (SSSR count). The number of amides is 1. The van der Waals surface area contributed by atoms with Crippen molar-refractivity contribution in [2.24, 2.45) is 11.8 Å². The predicted octanol–water partition coefficient (Wildman–Crippen LogP) is 2.71. The van der Waals surface area contributed by atoms with Gasteiger partial charge in [-0.05, 0) is 43.2 Å². The van der Waals surface area contributed by atoms with Crippen LogP contribution in [0.5, 0.6) is 0 Å². The highest BCUT2D eigenvalue weighted by atomic mass is 19.1. The van der Waals surface area contributed by atoms with Crippen LogP contribution in [0.15, 0.2) is 24.3 Å². The van der Waals surface area contributed by atoms with E-state index in [1.54, 1.807) is 18.2 Å². The van der Waals surface area contributed by atoms with Gasteiger partial charge in [0.25, 0.3) is 0 Å². The molecule has 0 spiro atoms. The Hall–Kier alpha value is -1.46. The Morgan fingerprint density at radius 3 is 2.67 bits per heavy atom. The maximum Gasteiger partial charge on any atom is 0.220 e. The van der Waals surface area contributed by atoms with Crippen LogP contribution in [0.3, 0.4) is 0 Å². The Bertz CT molecular complexity index is 545. The van der Waals surface area contributed by atoms with E-state index in [0.717, 1.165) is 32.5 Å². The number of aryl methyl sites for hydroxylation is 1. The molecule has 1 amide bonds. The molecule has 1 aromatic rings.